The summed E-state index contributed by atoms with van der Waals surface area (Å²) in [7, 11) is 1.69. The van der Waals surface area contributed by atoms with Gasteiger partial charge in [-0.05, 0) is 42.0 Å². The minimum atomic E-state index is -0.300. The number of thioether (sulfide) groups is 1. The van der Waals surface area contributed by atoms with Gasteiger partial charge in [-0.25, -0.2) is 4.39 Å². The third-order valence-corrected chi connectivity index (χ3v) is 4.63. The van der Waals surface area contributed by atoms with Crippen molar-refractivity contribution in [3.8, 4) is 11.5 Å². The Bertz CT molecular complexity index is 884. The molecule has 0 aliphatic carbocycles. The van der Waals surface area contributed by atoms with Gasteiger partial charge in [0.25, 0.3) is 5.22 Å². The van der Waals surface area contributed by atoms with Crippen molar-refractivity contribution in [2.45, 2.75) is 11.8 Å². The van der Waals surface area contributed by atoms with Crippen molar-refractivity contribution in [2.24, 2.45) is 0 Å². The van der Waals surface area contributed by atoms with Gasteiger partial charge in [0.2, 0.25) is 11.8 Å². The van der Waals surface area contributed by atoms with Crippen LogP contribution in [-0.4, -0.2) is 33.8 Å². The third kappa shape index (κ3) is 4.83. The first-order valence-corrected chi connectivity index (χ1v) is 9.08. The second-order valence-corrected chi connectivity index (χ2v) is 6.91. The predicted molar refractivity (Wildman–Crippen MR) is 98.3 cm³/mol. The molecule has 8 heteroatoms. The molecule has 1 amide bonds. The molecule has 26 heavy (non-hydrogen) atoms. The molecule has 2 aromatic carbocycles. The zero-order chi connectivity index (χ0) is 18.5. The van der Waals surface area contributed by atoms with Gasteiger partial charge in [-0.2, -0.15) is 0 Å². The molecule has 0 aliphatic heterocycles. The fourth-order valence-electron chi connectivity index (χ4n) is 2.16. The van der Waals surface area contributed by atoms with E-state index in [0.29, 0.717) is 22.7 Å². The van der Waals surface area contributed by atoms with Crippen molar-refractivity contribution >= 4 is 29.3 Å². The van der Waals surface area contributed by atoms with Crippen LogP contribution in [0.5, 0.6) is 0 Å². The monoisotopic (exact) mass is 391 g/mol. The molecule has 1 heterocycles. The molecule has 0 N–H and O–H groups in total. The van der Waals surface area contributed by atoms with Crippen LogP contribution in [0.2, 0.25) is 5.02 Å². The number of nitrogens with zero attached hydrogens (tertiary/aromatic N) is 3. The van der Waals surface area contributed by atoms with E-state index in [-0.39, 0.29) is 17.5 Å². The van der Waals surface area contributed by atoms with E-state index in [1.807, 2.05) is 0 Å². The molecule has 0 saturated heterocycles. The van der Waals surface area contributed by atoms with Gasteiger partial charge in [-0.15, -0.1) is 10.2 Å². The van der Waals surface area contributed by atoms with Crippen LogP contribution in [0.15, 0.2) is 58.2 Å². The Morgan fingerprint density at radius 1 is 1.15 bits per heavy atom. The van der Waals surface area contributed by atoms with E-state index in [9.17, 15) is 9.18 Å². The summed E-state index contributed by atoms with van der Waals surface area (Å²) in [4.78, 5) is 13.8. The summed E-state index contributed by atoms with van der Waals surface area (Å²) in [6.45, 7) is 0.402. The number of amides is 1. The van der Waals surface area contributed by atoms with E-state index < -0.39 is 0 Å². The van der Waals surface area contributed by atoms with Crippen LogP contribution in [0.4, 0.5) is 4.39 Å². The molecule has 0 aliphatic rings. The van der Waals surface area contributed by atoms with E-state index in [0.717, 1.165) is 11.1 Å². The van der Waals surface area contributed by atoms with Crippen molar-refractivity contribution < 1.29 is 13.6 Å². The van der Waals surface area contributed by atoms with E-state index in [2.05, 4.69) is 10.2 Å². The average molecular weight is 392 g/mol. The first-order chi connectivity index (χ1) is 12.5. The summed E-state index contributed by atoms with van der Waals surface area (Å²) in [6, 6.07) is 13.1. The van der Waals surface area contributed by atoms with Crippen LogP contribution >= 0.6 is 23.4 Å². The Morgan fingerprint density at radius 3 is 2.54 bits per heavy atom. The van der Waals surface area contributed by atoms with Gasteiger partial charge in [0, 0.05) is 24.2 Å². The van der Waals surface area contributed by atoms with E-state index >= 15 is 0 Å². The molecule has 1 aromatic heterocycles. The molecule has 0 spiro atoms. The zero-order valence-corrected chi connectivity index (χ0v) is 15.4. The molecular weight excluding hydrogens is 377 g/mol. The second kappa shape index (κ2) is 8.33. The lowest BCUT2D eigenvalue weighted by atomic mass is 10.2. The molecule has 134 valence electrons. The van der Waals surface area contributed by atoms with Crippen LogP contribution in [0.3, 0.4) is 0 Å². The summed E-state index contributed by atoms with van der Waals surface area (Å²) in [6.07, 6.45) is 0. The Kier molecular flexibility index (Phi) is 5.90. The normalized spacial score (nSPS) is 10.7. The lowest BCUT2D eigenvalue weighted by Crippen LogP contribution is -2.27. The van der Waals surface area contributed by atoms with Crippen molar-refractivity contribution in [3.05, 3.63) is 64.9 Å². The maximum Gasteiger partial charge on any atom is 0.277 e. The number of carbonyl (C=O) groups is 1. The first kappa shape index (κ1) is 18.4. The van der Waals surface area contributed by atoms with E-state index in [1.165, 1.54) is 23.9 Å². The molecule has 0 saturated carbocycles. The minimum Gasteiger partial charge on any atom is -0.411 e. The van der Waals surface area contributed by atoms with Crippen molar-refractivity contribution in [1.82, 2.24) is 15.1 Å². The number of halogens is 2. The largest absolute Gasteiger partial charge is 0.411 e. The second-order valence-electron chi connectivity index (χ2n) is 5.54. The van der Waals surface area contributed by atoms with Crippen molar-refractivity contribution in [2.75, 3.05) is 12.8 Å². The Hall–Kier alpha value is -2.38. The summed E-state index contributed by atoms with van der Waals surface area (Å²) >= 11 is 7.02. The number of hydrogen-bond acceptors (Lipinski definition) is 5. The Morgan fingerprint density at radius 2 is 1.85 bits per heavy atom. The van der Waals surface area contributed by atoms with Gasteiger partial charge in [-0.3, -0.25) is 4.79 Å². The number of hydrogen-bond donors (Lipinski definition) is 0. The molecule has 0 radical (unpaired) electrons. The fraction of sp³-hybridized carbons (Fsp3) is 0.167. The fourth-order valence-corrected chi connectivity index (χ4v) is 2.99. The molecule has 3 rings (SSSR count). The van der Waals surface area contributed by atoms with Gasteiger partial charge in [0.1, 0.15) is 5.82 Å². The van der Waals surface area contributed by atoms with Gasteiger partial charge in [-0.1, -0.05) is 35.5 Å². The third-order valence-electron chi connectivity index (χ3n) is 3.58. The molecular formula is C18H15ClFN3O2S. The first-order valence-electron chi connectivity index (χ1n) is 7.72. The van der Waals surface area contributed by atoms with E-state index in [4.69, 9.17) is 16.0 Å². The van der Waals surface area contributed by atoms with Crippen molar-refractivity contribution in [3.63, 3.8) is 0 Å². The quantitative estimate of drug-likeness (QED) is 0.587. The summed E-state index contributed by atoms with van der Waals surface area (Å²) in [5.41, 5.74) is 1.61. The van der Waals surface area contributed by atoms with Gasteiger partial charge in [0.15, 0.2) is 0 Å². The number of rotatable bonds is 6. The molecule has 5 nitrogen and oxygen atoms in total. The summed E-state index contributed by atoms with van der Waals surface area (Å²) in [5.74, 6) is 0.146. The number of benzene rings is 2. The summed E-state index contributed by atoms with van der Waals surface area (Å²) < 4.78 is 18.5. The Balaban J connectivity index is 1.54. The number of carbonyl (C=O) groups excluding carboxylic acids is 1. The maximum atomic E-state index is 12.9. The van der Waals surface area contributed by atoms with Crippen LogP contribution in [0.25, 0.3) is 11.5 Å². The molecule has 3 aromatic rings. The maximum absolute atomic E-state index is 12.9. The minimum absolute atomic E-state index is 0.0921. The lowest BCUT2D eigenvalue weighted by Gasteiger charge is -2.16. The number of aromatic nitrogens is 2. The van der Waals surface area contributed by atoms with Crippen molar-refractivity contribution in [1.29, 1.82) is 0 Å². The molecule has 0 unspecified atom stereocenters. The SMILES string of the molecule is CN(Cc1ccc(F)cc1)C(=O)CSc1nnc(-c2ccc(Cl)cc2)o1. The molecule has 0 atom stereocenters. The lowest BCUT2D eigenvalue weighted by molar-refractivity contribution is -0.127. The standard InChI is InChI=1S/C18H15ClFN3O2S/c1-23(10-12-2-8-15(20)9-3-12)16(24)11-26-18-22-21-17(25-18)13-4-6-14(19)7-5-13/h2-9H,10-11H2,1H3. The highest BCUT2D eigenvalue weighted by molar-refractivity contribution is 7.99. The average Bonchev–Trinajstić information content (AvgIpc) is 3.11. The Labute approximate surface area is 159 Å². The van der Waals surface area contributed by atoms with Gasteiger partial charge in [0.05, 0.1) is 5.75 Å². The predicted octanol–water partition coefficient (Wildman–Crippen LogP) is 4.28. The topological polar surface area (TPSA) is 59.2 Å². The highest BCUT2D eigenvalue weighted by atomic mass is 35.5. The highest BCUT2D eigenvalue weighted by Gasteiger charge is 2.14. The molecule has 0 fully saturated rings. The van der Waals surface area contributed by atoms with Crippen LogP contribution in [0, 0.1) is 5.82 Å². The van der Waals surface area contributed by atoms with Crippen LogP contribution in [0.1, 0.15) is 5.56 Å². The molecule has 0 bridgehead atoms. The van der Waals surface area contributed by atoms with Crippen LogP contribution < -0.4 is 0 Å². The highest BCUT2D eigenvalue weighted by Crippen LogP contribution is 2.24. The zero-order valence-electron chi connectivity index (χ0n) is 13.9. The van der Waals surface area contributed by atoms with Gasteiger partial charge >= 0.3 is 0 Å². The summed E-state index contributed by atoms with van der Waals surface area (Å²) in [5, 5.41) is 8.86. The van der Waals surface area contributed by atoms with Gasteiger partial charge < -0.3 is 9.32 Å². The van der Waals surface area contributed by atoms with E-state index in [1.54, 1.807) is 48.3 Å². The van der Waals surface area contributed by atoms with Crippen LogP contribution in [-0.2, 0) is 11.3 Å². The smallest absolute Gasteiger partial charge is 0.277 e.